The van der Waals surface area contributed by atoms with Crippen LogP contribution in [0.15, 0.2) is 35.8 Å². The first kappa shape index (κ1) is 11.1. The molecule has 0 bridgehead atoms. The Bertz CT molecular complexity index is 442. The number of thiazole rings is 1. The van der Waals surface area contributed by atoms with E-state index < -0.39 is 0 Å². The summed E-state index contributed by atoms with van der Waals surface area (Å²) in [5.74, 6) is 0. The third-order valence-electron chi connectivity index (χ3n) is 2.41. The molecule has 0 saturated heterocycles. The second-order valence-corrected chi connectivity index (χ2v) is 4.49. The summed E-state index contributed by atoms with van der Waals surface area (Å²) in [4.78, 5) is 4.21. The molecule has 4 heteroatoms. The molecule has 0 spiro atoms. The van der Waals surface area contributed by atoms with Crippen LogP contribution in [0.3, 0.4) is 0 Å². The maximum absolute atomic E-state index is 9.35. The van der Waals surface area contributed by atoms with E-state index in [9.17, 15) is 5.11 Å². The van der Waals surface area contributed by atoms with Gasteiger partial charge in [-0.15, -0.1) is 11.3 Å². The Balaban J connectivity index is 2.17. The molecule has 0 radical (unpaired) electrons. The van der Waals surface area contributed by atoms with Crippen molar-refractivity contribution in [3.63, 3.8) is 0 Å². The molecule has 1 unspecified atom stereocenters. The molecule has 1 heterocycles. The van der Waals surface area contributed by atoms with Gasteiger partial charge in [-0.3, -0.25) is 0 Å². The minimum atomic E-state index is -0.124. The second-order valence-electron chi connectivity index (χ2n) is 3.56. The highest BCUT2D eigenvalue weighted by atomic mass is 32.1. The van der Waals surface area contributed by atoms with Gasteiger partial charge in [-0.2, -0.15) is 0 Å². The number of aliphatic hydroxyl groups is 1. The largest absolute Gasteiger partial charge is 0.394 e. The van der Waals surface area contributed by atoms with Gasteiger partial charge in [0.2, 0.25) is 0 Å². The lowest BCUT2D eigenvalue weighted by molar-refractivity contribution is 0.276. The highest BCUT2D eigenvalue weighted by molar-refractivity contribution is 7.09. The van der Waals surface area contributed by atoms with Crippen molar-refractivity contribution in [1.29, 1.82) is 0 Å². The first-order chi connectivity index (χ1) is 7.81. The monoisotopic (exact) mass is 234 g/mol. The number of benzene rings is 1. The van der Waals surface area contributed by atoms with Gasteiger partial charge in [0.05, 0.1) is 6.61 Å². The predicted octanol–water partition coefficient (Wildman–Crippen LogP) is 2.60. The average molecular weight is 234 g/mol. The summed E-state index contributed by atoms with van der Waals surface area (Å²) < 4.78 is 0. The Kier molecular flexibility index (Phi) is 3.54. The van der Waals surface area contributed by atoms with Gasteiger partial charge >= 0.3 is 0 Å². The molecule has 0 aliphatic heterocycles. The molecule has 2 rings (SSSR count). The van der Waals surface area contributed by atoms with Gasteiger partial charge in [0, 0.05) is 17.3 Å². The van der Waals surface area contributed by atoms with Crippen LogP contribution in [0.25, 0.3) is 0 Å². The van der Waals surface area contributed by atoms with E-state index in [4.69, 9.17) is 0 Å². The maximum atomic E-state index is 9.35. The van der Waals surface area contributed by atoms with Crippen LogP contribution >= 0.6 is 11.3 Å². The zero-order valence-corrected chi connectivity index (χ0v) is 9.87. The minimum Gasteiger partial charge on any atom is -0.394 e. The van der Waals surface area contributed by atoms with Crippen molar-refractivity contribution in [1.82, 2.24) is 4.98 Å². The summed E-state index contributed by atoms with van der Waals surface area (Å²) in [6.07, 6.45) is 1.75. The third kappa shape index (κ3) is 2.40. The first-order valence-corrected chi connectivity index (χ1v) is 6.01. The lowest BCUT2D eigenvalue weighted by Gasteiger charge is -2.16. The lowest BCUT2D eigenvalue weighted by atomic mass is 10.2. The number of aromatic nitrogens is 1. The van der Waals surface area contributed by atoms with Gasteiger partial charge in [0.1, 0.15) is 11.0 Å². The molecule has 16 heavy (non-hydrogen) atoms. The van der Waals surface area contributed by atoms with Crippen molar-refractivity contribution >= 4 is 17.0 Å². The predicted molar refractivity (Wildman–Crippen MR) is 66.7 cm³/mol. The number of para-hydroxylation sites is 1. The van der Waals surface area contributed by atoms with Gasteiger partial charge < -0.3 is 10.4 Å². The molecule has 0 saturated carbocycles. The molecule has 0 amide bonds. The summed E-state index contributed by atoms with van der Waals surface area (Å²) >= 11 is 1.55. The number of aliphatic hydroxyl groups excluding tert-OH is 1. The third-order valence-corrected chi connectivity index (χ3v) is 3.30. The standard InChI is InChI=1S/C12H14N2OS/c1-9-4-2-3-5-10(9)14-11(8-15)12-13-6-7-16-12/h2-7,11,14-15H,8H2,1H3. The van der Waals surface area contributed by atoms with E-state index in [0.29, 0.717) is 0 Å². The van der Waals surface area contributed by atoms with Crippen molar-refractivity contribution in [2.24, 2.45) is 0 Å². The number of rotatable bonds is 4. The van der Waals surface area contributed by atoms with Crippen LogP contribution in [-0.4, -0.2) is 16.7 Å². The Morgan fingerprint density at radius 3 is 2.88 bits per heavy atom. The van der Waals surface area contributed by atoms with E-state index in [0.717, 1.165) is 16.3 Å². The van der Waals surface area contributed by atoms with E-state index in [1.54, 1.807) is 17.5 Å². The molecule has 2 N–H and O–H groups in total. The van der Waals surface area contributed by atoms with Gasteiger partial charge in [0.15, 0.2) is 0 Å². The van der Waals surface area contributed by atoms with E-state index >= 15 is 0 Å². The highest BCUT2D eigenvalue weighted by Gasteiger charge is 2.13. The van der Waals surface area contributed by atoms with Gasteiger partial charge in [-0.05, 0) is 18.6 Å². The molecular formula is C12H14N2OS. The smallest absolute Gasteiger partial charge is 0.117 e. The molecule has 1 atom stereocenters. The zero-order valence-electron chi connectivity index (χ0n) is 9.05. The van der Waals surface area contributed by atoms with Crippen LogP contribution in [0.1, 0.15) is 16.6 Å². The van der Waals surface area contributed by atoms with Crippen molar-refractivity contribution in [3.8, 4) is 0 Å². The second kappa shape index (κ2) is 5.09. The summed E-state index contributed by atoms with van der Waals surface area (Å²) in [6.45, 7) is 2.08. The molecule has 0 aliphatic rings. The Morgan fingerprint density at radius 1 is 1.44 bits per heavy atom. The number of hydrogen-bond donors (Lipinski definition) is 2. The summed E-state index contributed by atoms with van der Waals surface area (Å²) in [6, 6.07) is 7.90. The van der Waals surface area contributed by atoms with Crippen LogP contribution in [0.4, 0.5) is 5.69 Å². The molecule has 3 nitrogen and oxygen atoms in total. The minimum absolute atomic E-state index is 0.0435. The summed E-state index contributed by atoms with van der Waals surface area (Å²) in [5, 5.41) is 15.5. The number of aryl methyl sites for hydroxylation is 1. The number of nitrogens with one attached hydrogen (secondary N) is 1. The fourth-order valence-electron chi connectivity index (χ4n) is 1.51. The average Bonchev–Trinajstić information content (AvgIpc) is 2.81. The fraction of sp³-hybridized carbons (Fsp3) is 0.250. The topological polar surface area (TPSA) is 45.1 Å². The number of nitrogens with zero attached hydrogens (tertiary/aromatic N) is 1. The van der Waals surface area contributed by atoms with Crippen molar-refractivity contribution in [3.05, 3.63) is 46.4 Å². The first-order valence-electron chi connectivity index (χ1n) is 5.13. The van der Waals surface area contributed by atoms with E-state index in [1.165, 1.54) is 0 Å². The normalized spacial score (nSPS) is 12.4. The van der Waals surface area contributed by atoms with Crippen LogP contribution in [0, 0.1) is 6.92 Å². The molecule has 1 aromatic heterocycles. The van der Waals surface area contributed by atoms with E-state index in [-0.39, 0.29) is 12.6 Å². The molecule has 2 aromatic rings. The van der Waals surface area contributed by atoms with Crippen LogP contribution in [-0.2, 0) is 0 Å². The lowest BCUT2D eigenvalue weighted by Crippen LogP contribution is -2.15. The quantitative estimate of drug-likeness (QED) is 0.854. The number of hydrogen-bond acceptors (Lipinski definition) is 4. The SMILES string of the molecule is Cc1ccccc1NC(CO)c1nccs1. The molecule has 0 aliphatic carbocycles. The maximum Gasteiger partial charge on any atom is 0.117 e. The van der Waals surface area contributed by atoms with Gasteiger partial charge in [-0.25, -0.2) is 4.98 Å². The molecule has 84 valence electrons. The molecular weight excluding hydrogens is 220 g/mol. The van der Waals surface area contributed by atoms with E-state index in [1.807, 2.05) is 36.6 Å². The van der Waals surface area contributed by atoms with Crippen molar-refractivity contribution in [2.75, 3.05) is 11.9 Å². The fourth-order valence-corrected chi connectivity index (χ4v) is 2.20. The van der Waals surface area contributed by atoms with Gasteiger partial charge in [-0.1, -0.05) is 18.2 Å². The highest BCUT2D eigenvalue weighted by Crippen LogP contribution is 2.22. The Morgan fingerprint density at radius 2 is 2.25 bits per heavy atom. The van der Waals surface area contributed by atoms with Gasteiger partial charge in [0.25, 0.3) is 0 Å². The number of anilines is 1. The Hall–Kier alpha value is -1.39. The van der Waals surface area contributed by atoms with Crippen LogP contribution in [0.2, 0.25) is 0 Å². The van der Waals surface area contributed by atoms with E-state index in [2.05, 4.69) is 10.3 Å². The molecule has 1 aromatic carbocycles. The Labute approximate surface area is 98.8 Å². The van der Waals surface area contributed by atoms with Crippen molar-refractivity contribution < 1.29 is 5.11 Å². The molecule has 0 fully saturated rings. The van der Waals surface area contributed by atoms with Crippen LogP contribution < -0.4 is 5.32 Å². The summed E-state index contributed by atoms with van der Waals surface area (Å²) in [5.41, 5.74) is 2.20. The van der Waals surface area contributed by atoms with Crippen molar-refractivity contribution in [2.45, 2.75) is 13.0 Å². The zero-order chi connectivity index (χ0) is 11.4. The summed E-state index contributed by atoms with van der Waals surface area (Å²) in [7, 11) is 0. The van der Waals surface area contributed by atoms with Crippen LogP contribution in [0.5, 0.6) is 0 Å².